The predicted octanol–water partition coefficient (Wildman–Crippen LogP) is 2.80. The summed E-state index contributed by atoms with van der Waals surface area (Å²) in [7, 11) is 1.60. The van der Waals surface area contributed by atoms with E-state index in [0.717, 1.165) is 43.1 Å². The van der Waals surface area contributed by atoms with Gasteiger partial charge in [-0.05, 0) is 35.7 Å². The summed E-state index contributed by atoms with van der Waals surface area (Å²) >= 11 is 0. The first kappa shape index (κ1) is 23.8. The molecule has 0 aromatic heterocycles. The Morgan fingerprint density at radius 2 is 1.94 bits per heavy atom. The summed E-state index contributed by atoms with van der Waals surface area (Å²) in [6.45, 7) is 7.49. The molecule has 1 heterocycles. The van der Waals surface area contributed by atoms with Crippen molar-refractivity contribution in [3.05, 3.63) is 65.2 Å². The van der Waals surface area contributed by atoms with Gasteiger partial charge in [0.1, 0.15) is 5.75 Å². The van der Waals surface area contributed by atoms with Gasteiger partial charge < -0.3 is 20.1 Å². The highest BCUT2D eigenvalue weighted by molar-refractivity contribution is 5.79. The lowest BCUT2D eigenvalue weighted by Gasteiger charge is -2.31. The second-order valence-electron chi connectivity index (χ2n) is 8.24. The van der Waals surface area contributed by atoms with Gasteiger partial charge in [-0.1, -0.05) is 36.4 Å². The SMILES string of the molecule is COc1ccc(C(CC(=O)NCc2cccc(CN3CCOC(C)C3)c2)NC(C)=O)cc1. The minimum absolute atomic E-state index is 0.119. The van der Waals surface area contributed by atoms with Crippen LogP contribution in [-0.4, -0.2) is 49.6 Å². The van der Waals surface area contributed by atoms with Gasteiger partial charge in [-0.15, -0.1) is 0 Å². The van der Waals surface area contributed by atoms with Crippen molar-refractivity contribution < 1.29 is 19.1 Å². The summed E-state index contributed by atoms with van der Waals surface area (Å²) in [6.07, 6.45) is 0.422. The fraction of sp³-hybridized carbons (Fsp3) is 0.440. The van der Waals surface area contributed by atoms with Gasteiger partial charge >= 0.3 is 0 Å². The summed E-state index contributed by atoms with van der Waals surface area (Å²) in [4.78, 5) is 26.7. The topological polar surface area (TPSA) is 79.9 Å². The Morgan fingerprint density at radius 1 is 1.19 bits per heavy atom. The molecule has 0 spiro atoms. The molecule has 7 nitrogen and oxygen atoms in total. The van der Waals surface area contributed by atoms with Crippen LogP contribution in [0.25, 0.3) is 0 Å². The van der Waals surface area contributed by atoms with Crippen molar-refractivity contribution in [3.8, 4) is 5.75 Å². The predicted molar refractivity (Wildman–Crippen MR) is 123 cm³/mol. The van der Waals surface area contributed by atoms with E-state index in [9.17, 15) is 9.59 Å². The van der Waals surface area contributed by atoms with E-state index in [-0.39, 0.29) is 24.3 Å². The molecule has 2 amide bonds. The van der Waals surface area contributed by atoms with Crippen molar-refractivity contribution in [2.24, 2.45) is 0 Å². The van der Waals surface area contributed by atoms with Crippen LogP contribution in [0.5, 0.6) is 5.75 Å². The minimum Gasteiger partial charge on any atom is -0.497 e. The molecule has 2 aromatic carbocycles. The van der Waals surface area contributed by atoms with E-state index in [1.807, 2.05) is 36.4 Å². The van der Waals surface area contributed by atoms with Crippen molar-refractivity contribution in [3.63, 3.8) is 0 Å². The molecule has 0 bridgehead atoms. The van der Waals surface area contributed by atoms with Gasteiger partial charge in [-0.25, -0.2) is 0 Å². The molecular weight excluding hydrogens is 406 g/mol. The van der Waals surface area contributed by atoms with Crippen LogP contribution in [0.4, 0.5) is 0 Å². The number of benzene rings is 2. The van der Waals surface area contributed by atoms with Gasteiger partial charge in [0, 0.05) is 33.1 Å². The molecule has 32 heavy (non-hydrogen) atoms. The molecule has 2 atom stereocenters. The summed E-state index contributed by atoms with van der Waals surface area (Å²) < 4.78 is 10.8. The van der Waals surface area contributed by atoms with Crippen molar-refractivity contribution in [1.82, 2.24) is 15.5 Å². The summed E-state index contributed by atoms with van der Waals surface area (Å²) in [5, 5.41) is 5.85. The highest BCUT2D eigenvalue weighted by atomic mass is 16.5. The third-order valence-electron chi connectivity index (χ3n) is 5.50. The number of amides is 2. The van der Waals surface area contributed by atoms with Gasteiger partial charge in [0.25, 0.3) is 0 Å². The van der Waals surface area contributed by atoms with Crippen molar-refractivity contribution in [1.29, 1.82) is 0 Å². The maximum Gasteiger partial charge on any atom is 0.222 e. The number of hydrogen-bond acceptors (Lipinski definition) is 5. The summed E-state index contributed by atoms with van der Waals surface area (Å²) in [5.41, 5.74) is 3.13. The fourth-order valence-corrected chi connectivity index (χ4v) is 3.92. The summed E-state index contributed by atoms with van der Waals surface area (Å²) in [6, 6.07) is 15.3. The zero-order valence-electron chi connectivity index (χ0n) is 19.1. The third-order valence-corrected chi connectivity index (χ3v) is 5.50. The molecule has 2 unspecified atom stereocenters. The lowest BCUT2D eigenvalue weighted by molar-refractivity contribution is -0.122. The van der Waals surface area contributed by atoms with Crippen LogP contribution in [0.1, 0.15) is 43.0 Å². The number of hydrogen-bond donors (Lipinski definition) is 2. The highest BCUT2D eigenvalue weighted by Crippen LogP contribution is 2.20. The Balaban J connectivity index is 1.55. The van der Waals surface area contributed by atoms with E-state index < -0.39 is 6.04 Å². The van der Waals surface area contributed by atoms with Gasteiger partial charge in [0.05, 0.1) is 32.3 Å². The quantitative estimate of drug-likeness (QED) is 0.628. The van der Waals surface area contributed by atoms with Crippen molar-refractivity contribution in [2.75, 3.05) is 26.8 Å². The average Bonchev–Trinajstić information content (AvgIpc) is 2.77. The van der Waals surface area contributed by atoms with Crippen LogP contribution >= 0.6 is 0 Å². The van der Waals surface area contributed by atoms with Crippen LogP contribution in [0.15, 0.2) is 48.5 Å². The molecule has 7 heteroatoms. The first-order valence-corrected chi connectivity index (χ1v) is 11.0. The van der Waals surface area contributed by atoms with E-state index >= 15 is 0 Å². The lowest BCUT2D eigenvalue weighted by atomic mass is 10.0. The number of carbonyl (C=O) groups excluding carboxylic acids is 2. The zero-order valence-corrected chi connectivity index (χ0v) is 19.1. The fourth-order valence-electron chi connectivity index (χ4n) is 3.92. The van der Waals surface area contributed by atoms with Gasteiger partial charge in [0.15, 0.2) is 0 Å². The standard InChI is InChI=1S/C25H33N3O4/c1-18-16-28(11-12-32-18)17-21-6-4-5-20(13-21)15-26-25(30)14-24(27-19(2)29)22-7-9-23(31-3)10-8-22/h4-10,13,18,24H,11-12,14-17H2,1-3H3,(H,26,30)(H,27,29). The van der Waals surface area contributed by atoms with Crippen LogP contribution in [0.2, 0.25) is 0 Å². The smallest absolute Gasteiger partial charge is 0.222 e. The largest absolute Gasteiger partial charge is 0.497 e. The van der Waals surface area contributed by atoms with Gasteiger partial charge in [-0.3, -0.25) is 14.5 Å². The Kier molecular flexibility index (Phi) is 8.64. The Labute approximate surface area is 190 Å². The van der Waals surface area contributed by atoms with Crippen LogP contribution in [0, 0.1) is 0 Å². The average molecular weight is 440 g/mol. The number of nitrogens with zero attached hydrogens (tertiary/aromatic N) is 1. The molecule has 1 saturated heterocycles. The van der Waals surface area contributed by atoms with Gasteiger partial charge in [-0.2, -0.15) is 0 Å². The molecule has 2 aromatic rings. The minimum atomic E-state index is -0.395. The van der Waals surface area contributed by atoms with Crippen LogP contribution < -0.4 is 15.4 Å². The van der Waals surface area contributed by atoms with Crippen LogP contribution in [0.3, 0.4) is 0 Å². The molecule has 0 saturated carbocycles. The summed E-state index contributed by atoms with van der Waals surface area (Å²) in [5.74, 6) is 0.432. The van der Waals surface area contributed by atoms with E-state index in [1.165, 1.54) is 12.5 Å². The molecule has 0 radical (unpaired) electrons. The second kappa shape index (κ2) is 11.6. The molecule has 0 aliphatic carbocycles. The van der Waals surface area contributed by atoms with E-state index in [2.05, 4.69) is 34.6 Å². The zero-order chi connectivity index (χ0) is 22.9. The Morgan fingerprint density at radius 3 is 2.62 bits per heavy atom. The van der Waals surface area contributed by atoms with Crippen LogP contribution in [-0.2, 0) is 27.4 Å². The third kappa shape index (κ3) is 7.35. The monoisotopic (exact) mass is 439 g/mol. The number of nitrogens with one attached hydrogen (secondary N) is 2. The highest BCUT2D eigenvalue weighted by Gasteiger charge is 2.18. The Hall–Kier alpha value is -2.90. The maximum atomic E-state index is 12.6. The number of ether oxygens (including phenoxy) is 2. The number of morpholine rings is 1. The normalized spacial score (nSPS) is 17.4. The lowest BCUT2D eigenvalue weighted by Crippen LogP contribution is -2.40. The second-order valence-corrected chi connectivity index (χ2v) is 8.24. The van der Waals surface area contributed by atoms with E-state index in [4.69, 9.17) is 9.47 Å². The molecule has 1 fully saturated rings. The van der Waals surface area contributed by atoms with E-state index in [1.54, 1.807) is 7.11 Å². The molecule has 3 rings (SSSR count). The van der Waals surface area contributed by atoms with E-state index in [0.29, 0.717) is 6.54 Å². The molecular formula is C25H33N3O4. The number of methoxy groups -OCH3 is 1. The molecule has 1 aliphatic rings. The molecule has 1 aliphatic heterocycles. The number of carbonyl (C=O) groups is 2. The molecule has 2 N–H and O–H groups in total. The first-order valence-electron chi connectivity index (χ1n) is 11.0. The van der Waals surface area contributed by atoms with Crippen molar-refractivity contribution >= 4 is 11.8 Å². The Bertz CT molecular complexity index is 900. The molecule has 172 valence electrons. The van der Waals surface area contributed by atoms with Gasteiger partial charge in [0.2, 0.25) is 11.8 Å². The van der Waals surface area contributed by atoms with Crippen molar-refractivity contribution in [2.45, 2.75) is 45.5 Å². The number of rotatable bonds is 9. The maximum absolute atomic E-state index is 12.6. The first-order chi connectivity index (χ1) is 15.4.